The van der Waals surface area contributed by atoms with E-state index in [-0.39, 0.29) is 0 Å². The summed E-state index contributed by atoms with van der Waals surface area (Å²) in [5.74, 6) is 0.935. The van der Waals surface area contributed by atoms with Crippen LogP contribution in [-0.2, 0) is 4.74 Å². The number of rotatable bonds is 8. The molecule has 1 aliphatic rings. The second-order valence-electron chi connectivity index (χ2n) is 5.51. The molecule has 0 bridgehead atoms. The first-order chi connectivity index (χ1) is 9.26. The molecule has 1 rings (SSSR count). The molecule has 0 saturated heterocycles. The third-order valence-corrected chi connectivity index (χ3v) is 4.04. The van der Waals surface area contributed by atoms with Gasteiger partial charge >= 0.3 is 0 Å². The number of hydrogen-bond donors (Lipinski definition) is 2. The maximum Gasteiger partial charge on any atom is 0.190 e. The third-order valence-electron chi connectivity index (χ3n) is 4.04. The van der Waals surface area contributed by atoms with Gasteiger partial charge in [-0.2, -0.15) is 0 Å². The summed E-state index contributed by atoms with van der Waals surface area (Å²) in [7, 11) is 1.84. The highest BCUT2D eigenvalue weighted by molar-refractivity contribution is 5.79. The summed E-state index contributed by atoms with van der Waals surface area (Å²) >= 11 is 0. The van der Waals surface area contributed by atoms with Gasteiger partial charge in [-0.25, -0.2) is 0 Å². The van der Waals surface area contributed by atoms with Gasteiger partial charge in [0.05, 0.1) is 0 Å². The zero-order chi connectivity index (χ0) is 14.0. The number of nitrogens with one attached hydrogen (secondary N) is 2. The van der Waals surface area contributed by atoms with Crippen molar-refractivity contribution in [1.29, 1.82) is 0 Å². The largest absolute Gasteiger partial charge is 0.382 e. The van der Waals surface area contributed by atoms with Gasteiger partial charge in [-0.3, -0.25) is 4.99 Å². The van der Waals surface area contributed by atoms with Crippen LogP contribution in [0.5, 0.6) is 0 Å². The van der Waals surface area contributed by atoms with Gasteiger partial charge in [0, 0.05) is 33.4 Å². The summed E-state index contributed by atoms with van der Waals surface area (Å²) in [6.45, 7) is 7.94. The van der Waals surface area contributed by atoms with Crippen LogP contribution in [0.25, 0.3) is 0 Å². The summed E-state index contributed by atoms with van der Waals surface area (Å²) < 4.78 is 5.54. The minimum absolute atomic E-state index is 0.416. The number of hydrogen-bond acceptors (Lipinski definition) is 2. The molecule has 0 amide bonds. The van der Waals surface area contributed by atoms with Crippen molar-refractivity contribution in [1.82, 2.24) is 10.6 Å². The van der Waals surface area contributed by atoms with E-state index in [1.807, 2.05) is 7.05 Å². The standard InChI is InChI=1S/C15H31N3O/c1-4-11-17-14(16-3)18-13-15(8-6-7-9-15)10-12-19-5-2/h4-13H2,1-3H3,(H2,16,17,18). The number of aliphatic imine (C=N–C) groups is 1. The maximum absolute atomic E-state index is 5.54. The summed E-state index contributed by atoms with van der Waals surface area (Å²) in [6.07, 6.45) is 7.63. The highest BCUT2D eigenvalue weighted by Gasteiger charge is 2.33. The Kier molecular flexibility index (Phi) is 7.87. The van der Waals surface area contributed by atoms with E-state index in [1.54, 1.807) is 0 Å². The van der Waals surface area contributed by atoms with E-state index in [9.17, 15) is 0 Å². The molecule has 4 nitrogen and oxygen atoms in total. The van der Waals surface area contributed by atoms with Gasteiger partial charge in [0.25, 0.3) is 0 Å². The smallest absolute Gasteiger partial charge is 0.190 e. The zero-order valence-electron chi connectivity index (χ0n) is 12.9. The molecule has 4 heteroatoms. The molecule has 0 aromatic rings. The molecule has 19 heavy (non-hydrogen) atoms. The fraction of sp³-hybridized carbons (Fsp3) is 0.933. The van der Waals surface area contributed by atoms with E-state index in [0.29, 0.717) is 5.41 Å². The van der Waals surface area contributed by atoms with Crippen molar-refractivity contribution < 1.29 is 4.74 Å². The second-order valence-corrected chi connectivity index (χ2v) is 5.51. The molecule has 1 aliphatic carbocycles. The van der Waals surface area contributed by atoms with Crippen molar-refractivity contribution in [2.75, 3.05) is 33.4 Å². The second kappa shape index (κ2) is 9.18. The minimum Gasteiger partial charge on any atom is -0.382 e. The first-order valence-electron chi connectivity index (χ1n) is 7.78. The highest BCUT2D eigenvalue weighted by atomic mass is 16.5. The van der Waals surface area contributed by atoms with Crippen LogP contribution in [-0.4, -0.2) is 39.3 Å². The molecule has 2 N–H and O–H groups in total. The molecule has 0 atom stereocenters. The van der Waals surface area contributed by atoms with Crippen molar-refractivity contribution in [3.8, 4) is 0 Å². The summed E-state index contributed by atoms with van der Waals surface area (Å²) in [5.41, 5.74) is 0.416. The van der Waals surface area contributed by atoms with Gasteiger partial charge in [0.1, 0.15) is 0 Å². The SMILES string of the molecule is CCCNC(=NC)NCC1(CCOCC)CCCC1. The lowest BCUT2D eigenvalue weighted by Gasteiger charge is -2.30. The Hall–Kier alpha value is -0.770. The molecule has 0 aliphatic heterocycles. The van der Waals surface area contributed by atoms with Gasteiger partial charge < -0.3 is 15.4 Å². The fourth-order valence-electron chi connectivity index (χ4n) is 2.81. The Morgan fingerprint density at radius 1 is 1.21 bits per heavy atom. The van der Waals surface area contributed by atoms with E-state index in [0.717, 1.165) is 38.7 Å². The molecule has 0 spiro atoms. The molecule has 0 unspecified atom stereocenters. The van der Waals surface area contributed by atoms with E-state index < -0.39 is 0 Å². The number of ether oxygens (including phenoxy) is 1. The van der Waals surface area contributed by atoms with Gasteiger partial charge in [0.15, 0.2) is 5.96 Å². The predicted octanol–water partition coefficient (Wildman–Crippen LogP) is 2.55. The van der Waals surface area contributed by atoms with Crippen LogP contribution in [0.4, 0.5) is 0 Å². The van der Waals surface area contributed by atoms with Crippen LogP contribution in [0.3, 0.4) is 0 Å². The molecular weight excluding hydrogens is 238 g/mol. The first kappa shape index (κ1) is 16.3. The van der Waals surface area contributed by atoms with Crippen LogP contribution >= 0.6 is 0 Å². The molecule has 0 aromatic carbocycles. The molecule has 0 aromatic heterocycles. The Morgan fingerprint density at radius 2 is 1.95 bits per heavy atom. The van der Waals surface area contributed by atoms with Gasteiger partial charge in [-0.15, -0.1) is 0 Å². The molecule has 112 valence electrons. The Bertz CT molecular complexity index is 260. The topological polar surface area (TPSA) is 45.7 Å². The predicted molar refractivity (Wildman–Crippen MR) is 81.7 cm³/mol. The maximum atomic E-state index is 5.54. The van der Waals surface area contributed by atoms with Crippen LogP contribution in [0.15, 0.2) is 4.99 Å². The summed E-state index contributed by atoms with van der Waals surface area (Å²) in [5, 5.41) is 6.83. The molecule has 0 radical (unpaired) electrons. The summed E-state index contributed by atoms with van der Waals surface area (Å²) in [4.78, 5) is 4.28. The Balaban J connectivity index is 2.40. The average Bonchev–Trinajstić information content (AvgIpc) is 2.89. The Labute approximate surface area is 118 Å². The molecule has 1 saturated carbocycles. The number of nitrogens with zero attached hydrogens (tertiary/aromatic N) is 1. The fourth-order valence-corrected chi connectivity index (χ4v) is 2.81. The number of guanidine groups is 1. The van der Waals surface area contributed by atoms with Crippen molar-refractivity contribution in [3.63, 3.8) is 0 Å². The van der Waals surface area contributed by atoms with Crippen LogP contribution < -0.4 is 10.6 Å². The monoisotopic (exact) mass is 269 g/mol. The lowest BCUT2D eigenvalue weighted by atomic mass is 9.83. The van der Waals surface area contributed by atoms with Crippen LogP contribution in [0.2, 0.25) is 0 Å². The molecule has 1 fully saturated rings. The van der Waals surface area contributed by atoms with E-state index in [2.05, 4.69) is 29.5 Å². The van der Waals surface area contributed by atoms with E-state index in [1.165, 1.54) is 32.1 Å². The van der Waals surface area contributed by atoms with E-state index in [4.69, 9.17) is 4.74 Å². The average molecular weight is 269 g/mol. The quantitative estimate of drug-likeness (QED) is 0.404. The van der Waals surface area contributed by atoms with Crippen LogP contribution in [0, 0.1) is 5.41 Å². The van der Waals surface area contributed by atoms with Crippen molar-refractivity contribution >= 4 is 5.96 Å². The van der Waals surface area contributed by atoms with E-state index >= 15 is 0 Å². The lowest BCUT2D eigenvalue weighted by Crippen LogP contribution is -2.43. The first-order valence-corrected chi connectivity index (χ1v) is 7.78. The third kappa shape index (κ3) is 5.81. The van der Waals surface area contributed by atoms with Crippen molar-refractivity contribution in [2.24, 2.45) is 10.4 Å². The summed E-state index contributed by atoms with van der Waals surface area (Å²) in [6, 6.07) is 0. The molecule has 0 heterocycles. The van der Waals surface area contributed by atoms with Crippen molar-refractivity contribution in [3.05, 3.63) is 0 Å². The minimum atomic E-state index is 0.416. The van der Waals surface area contributed by atoms with Crippen LogP contribution in [0.1, 0.15) is 52.4 Å². The van der Waals surface area contributed by atoms with Gasteiger partial charge in [0.2, 0.25) is 0 Å². The highest BCUT2D eigenvalue weighted by Crippen LogP contribution is 2.40. The van der Waals surface area contributed by atoms with Gasteiger partial charge in [-0.1, -0.05) is 19.8 Å². The normalized spacial score (nSPS) is 18.6. The lowest BCUT2D eigenvalue weighted by molar-refractivity contribution is 0.105. The van der Waals surface area contributed by atoms with Gasteiger partial charge in [-0.05, 0) is 38.0 Å². The molecular formula is C15H31N3O. The van der Waals surface area contributed by atoms with Crippen molar-refractivity contribution in [2.45, 2.75) is 52.4 Å². The zero-order valence-corrected chi connectivity index (χ0v) is 12.9. The Morgan fingerprint density at radius 3 is 2.53 bits per heavy atom.